The van der Waals surface area contributed by atoms with Gasteiger partial charge in [-0.3, -0.25) is 9.59 Å². The van der Waals surface area contributed by atoms with Crippen molar-refractivity contribution in [3.8, 4) is 5.75 Å². The second kappa shape index (κ2) is 8.09. The smallest absolute Gasteiger partial charge is 0.259 e. The molecule has 0 aromatic heterocycles. The van der Waals surface area contributed by atoms with Crippen LogP contribution < -0.4 is 10.7 Å². The van der Waals surface area contributed by atoms with Crippen LogP contribution in [0.2, 0.25) is 0 Å². The molecule has 2 amide bonds. The highest BCUT2D eigenvalue weighted by molar-refractivity contribution is 9.10. The van der Waals surface area contributed by atoms with E-state index in [1.54, 1.807) is 42.5 Å². The van der Waals surface area contributed by atoms with Crippen molar-refractivity contribution in [2.24, 2.45) is 5.10 Å². The number of rotatable bonds is 5. The average Bonchev–Trinajstić information content (AvgIpc) is 2.55. The summed E-state index contributed by atoms with van der Waals surface area (Å²) in [5, 5.41) is 15.8. The second-order valence-corrected chi connectivity index (χ2v) is 5.37. The summed E-state index contributed by atoms with van der Waals surface area (Å²) in [4.78, 5) is 23.5. The van der Waals surface area contributed by atoms with E-state index in [2.05, 4.69) is 31.8 Å². The maximum absolute atomic E-state index is 11.9. The van der Waals surface area contributed by atoms with Crippen LogP contribution in [0.25, 0.3) is 0 Å². The number of carbonyl (C=O) groups is 2. The van der Waals surface area contributed by atoms with E-state index in [4.69, 9.17) is 0 Å². The van der Waals surface area contributed by atoms with Crippen molar-refractivity contribution in [1.29, 1.82) is 0 Å². The lowest BCUT2D eigenvalue weighted by Gasteiger charge is -2.05. The number of para-hydroxylation sites is 1. The monoisotopic (exact) mass is 375 g/mol. The van der Waals surface area contributed by atoms with E-state index < -0.39 is 5.91 Å². The number of nitrogens with one attached hydrogen (secondary N) is 2. The third-order valence-corrected chi connectivity index (χ3v) is 3.55. The number of phenolic OH excluding ortho intramolecular Hbond substituents is 1. The first-order valence-electron chi connectivity index (χ1n) is 6.70. The van der Waals surface area contributed by atoms with Crippen molar-refractivity contribution in [2.45, 2.75) is 0 Å². The zero-order chi connectivity index (χ0) is 16.7. The molecular weight excluding hydrogens is 362 g/mol. The molecule has 2 aromatic rings. The van der Waals surface area contributed by atoms with Crippen LogP contribution in [-0.4, -0.2) is 29.7 Å². The van der Waals surface area contributed by atoms with Gasteiger partial charge in [-0.25, -0.2) is 5.43 Å². The molecule has 2 rings (SSSR count). The minimum atomic E-state index is -0.475. The number of nitrogens with zero attached hydrogens (tertiary/aromatic N) is 1. The van der Waals surface area contributed by atoms with Gasteiger partial charge in [0.15, 0.2) is 0 Å². The van der Waals surface area contributed by atoms with Crippen molar-refractivity contribution in [2.75, 3.05) is 6.54 Å². The zero-order valence-corrected chi connectivity index (χ0v) is 13.6. The number of hydrogen-bond acceptors (Lipinski definition) is 4. The standard InChI is InChI=1S/C16H14BrN3O3/c17-13-7-3-2-6-12(13)16(23)18-10-15(22)20-19-9-11-5-1-4-8-14(11)21/h1-9,21H,10H2,(H,18,23)(H,20,22)/b19-9+. The second-order valence-electron chi connectivity index (χ2n) is 4.51. The number of amides is 2. The van der Waals surface area contributed by atoms with Gasteiger partial charge < -0.3 is 10.4 Å². The van der Waals surface area contributed by atoms with Gasteiger partial charge in [-0.15, -0.1) is 0 Å². The van der Waals surface area contributed by atoms with Gasteiger partial charge in [0.1, 0.15) is 5.75 Å². The van der Waals surface area contributed by atoms with Crippen LogP contribution in [0.15, 0.2) is 58.1 Å². The summed E-state index contributed by atoms with van der Waals surface area (Å²) in [7, 11) is 0. The van der Waals surface area contributed by atoms with E-state index in [1.165, 1.54) is 12.3 Å². The molecule has 0 radical (unpaired) electrons. The predicted octanol–water partition coefficient (Wildman–Crippen LogP) is 2.03. The molecule has 0 atom stereocenters. The summed E-state index contributed by atoms with van der Waals surface area (Å²) in [5.41, 5.74) is 3.19. The van der Waals surface area contributed by atoms with Gasteiger partial charge in [-0.2, -0.15) is 5.10 Å². The van der Waals surface area contributed by atoms with Gasteiger partial charge in [-0.1, -0.05) is 24.3 Å². The van der Waals surface area contributed by atoms with E-state index in [1.807, 2.05) is 0 Å². The van der Waals surface area contributed by atoms with Gasteiger partial charge in [0.2, 0.25) is 0 Å². The van der Waals surface area contributed by atoms with Crippen LogP contribution >= 0.6 is 15.9 Å². The van der Waals surface area contributed by atoms with Crippen molar-refractivity contribution in [3.05, 3.63) is 64.1 Å². The molecule has 7 heteroatoms. The normalized spacial score (nSPS) is 10.5. The first-order valence-corrected chi connectivity index (χ1v) is 7.50. The van der Waals surface area contributed by atoms with E-state index in [0.717, 1.165) is 0 Å². The van der Waals surface area contributed by atoms with Crippen molar-refractivity contribution >= 4 is 34.0 Å². The molecule has 0 spiro atoms. The first kappa shape index (κ1) is 16.7. The summed E-state index contributed by atoms with van der Waals surface area (Å²) in [5.74, 6) is -0.776. The Hall–Kier alpha value is -2.67. The summed E-state index contributed by atoms with van der Waals surface area (Å²) in [6.07, 6.45) is 1.32. The first-order chi connectivity index (χ1) is 11.1. The molecule has 0 saturated carbocycles. The van der Waals surface area contributed by atoms with E-state index in [-0.39, 0.29) is 18.2 Å². The topological polar surface area (TPSA) is 90.8 Å². The lowest BCUT2D eigenvalue weighted by Crippen LogP contribution is -2.35. The third-order valence-electron chi connectivity index (χ3n) is 2.86. The van der Waals surface area contributed by atoms with Crippen molar-refractivity contribution in [3.63, 3.8) is 0 Å². The Labute approximate surface area is 141 Å². The third kappa shape index (κ3) is 4.93. The van der Waals surface area contributed by atoms with E-state index in [9.17, 15) is 14.7 Å². The molecule has 3 N–H and O–H groups in total. The van der Waals surface area contributed by atoms with Crippen LogP contribution in [0.3, 0.4) is 0 Å². The highest BCUT2D eigenvalue weighted by atomic mass is 79.9. The Kier molecular flexibility index (Phi) is 5.87. The average molecular weight is 376 g/mol. The Morgan fingerprint density at radius 3 is 2.57 bits per heavy atom. The van der Waals surface area contributed by atoms with E-state index >= 15 is 0 Å². The lowest BCUT2D eigenvalue weighted by molar-refractivity contribution is -0.120. The van der Waals surface area contributed by atoms with Crippen molar-refractivity contribution in [1.82, 2.24) is 10.7 Å². The zero-order valence-electron chi connectivity index (χ0n) is 12.0. The number of carbonyl (C=O) groups excluding carboxylic acids is 2. The van der Waals surface area contributed by atoms with Gasteiger partial charge >= 0.3 is 0 Å². The van der Waals surface area contributed by atoms with Crippen molar-refractivity contribution < 1.29 is 14.7 Å². The quantitative estimate of drug-likeness (QED) is 0.551. The fourth-order valence-electron chi connectivity index (χ4n) is 1.71. The van der Waals surface area contributed by atoms with Crippen LogP contribution in [0, 0.1) is 0 Å². The van der Waals surface area contributed by atoms with Gasteiger partial charge in [0.25, 0.3) is 11.8 Å². The fourth-order valence-corrected chi connectivity index (χ4v) is 2.18. The molecule has 6 nitrogen and oxygen atoms in total. The maximum Gasteiger partial charge on any atom is 0.259 e. The molecule has 0 heterocycles. The molecule has 0 bridgehead atoms. The largest absolute Gasteiger partial charge is 0.507 e. The molecule has 0 aliphatic carbocycles. The SMILES string of the molecule is O=C(CNC(=O)c1ccccc1Br)N/N=C/c1ccccc1O. The molecule has 0 fully saturated rings. The fraction of sp³-hybridized carbons (Fsp3) is 0.0625. The number of halogens is 1. The molecule has 0 aliphatic rings. The minimum absolute atomic E-state index is 0.0627. The Balaban J connectivity index is 1.83. The predicted molar refractivity (Wildman–Crippen MR) is 90.3 cm³/mol. The summed E-state index contributed by atoms with van der Waals surface area (Å²) >= 11 is 3.27. The molecule has 0 unspecified atom stereocenters. The summed E-state index contributed by atoms with van der Waals surface area (Å²) < 4.78 is 0.649. The van der Waals surface area contributed by atoms with E-state index in [0.29, 0.717) is 15.6 Å². The van der Waals surface area contributed by atoms with Crippen LogP contribution in [-0.2, 0) is 4.79 Å². The van der Waals surface area contributed by atoms with Crippen LogP contribution in [0.4, 0.5) is 0 Å². The van der Waals surface area contributed by atoms with Gasteiger partial charge in [-0.05, 0) is 40.2 Å². The summed E-state index contributed by atoms with van der Waals surface area (Å²) in [6.45, 7) is -0.210. The minimum Gasteiger partial charge on any atom is -0.507 e. The Morgan fingerprint density at radius 1 is 1.13 bits per heavy atom. The molecular formula is C16H14BrN3O3. The van der Waals surface area contributed by atoms with Crippen LogP contribution in [0.1, 0.15) is 15.9 Å². The van der Waals surface area contributed by atoms with Gasteiger partial charge in [0.05, 0.1) is 18.3 Å². The molecule has 2 aromatic carbocycles. The number of hydrazone groups is 1. The molecule has 118 valence electrons. The Morgan fingerprint density at radius 2 is 1.83 bits per heavy atom. The van der Waals surface area contributed by atoms with Crippen LogP contribution in [0.5, 0.6) is 5.75 Å². The number of benzene rings is 2. The highest BCUT2D eigenvalue weighted by Gasteiger charge is 2.10. The van der Waals surface area contributed by atoms with Gasteiger partial charge in [0, 0.05) is 10.0 Å². The highest BCUT2D eigenvalue weighted by Crippen LogP contribution is 2.15. The number of aromatic hydroxyl groups is 1. The number of phenols is 1. The summed E-state index contributed by atoms with van der Waals surface area (Å²) in [6, 6.07) is 13.5. The maximum atomic E-state index is 11.9. The molecule has 0 saturated heterocycles. The number of hydrogen-bond donors (Lipinski definition) is 3. The lowest BCUT2D eigenvalue weighted by atomic mass is 10.2. The Bertz CT molecular complexity index is 747. The molecule has 0 aliphatic heterocycles. The molecule has 23 heavy (non-hydrogen) atoms.